The number of halogens is 2. The lowest BCUT2D eigenvalue weighted by atomic mass is 10.1. The minimum Gasteiger partial charge on any atom is -0.491 e. The van der Waals surface area contributed by atoms with Gasteiger partial charge in [-0.3, -0.25) is 9.48 Å². The van der Waals surface area contributed by atoms with E-state index >= 15 is 0 Å². The molecular formula is C31H32Cl2N2O5. The summed E-state index contributed by atoms with van der Waals surface area (Å²) >= 11 is 12.4. The summed E-state index contributed by atoms with van der Waals surface area (Å²) in [6.07, 6.45) is 2.94. The molecular weight excluding hydrogens is 551 g/mol. The van der Waals surface area contributed by atoms with Gasteiger partial charge in [0.05, 0.1) is 25.7 Å². The van der Waals surface area contributed by atoms with Gasteiger partial charge in [0.1, 0.15) is 18.1 Å². The van der Waals surface area contributed by atoms with Gasteiger partial charge in [-0.1, -0.05) is 65.7 Å². The summed E-state index contributed by atoms with van der Waals surface area (Å²) in [7, 11) is 0. The van der Waals surface area contributed by atoms with Crippen molar-refractivity contribution in [2.45, 2.75) is 52.4 Å². The van der Waals surface area contributed by atoms with E-state index < -0.39 is 5.97 Å². The van der Waals surface area contributed by atoms with Crippen LogP contribution in [0.15, 0.2) is 72.9 Å². The number of hydrogen-bond donors (Lipinski definition) is 1. The Morgan fingerprint density at radius 3 is 2.48 bits per heavy atom. The smallest absolute Gasteiger partial charge is 0.308 e. The molecule has 0 saturated carbocycles. The molecule has 7 nitrogen and oxygen atoms in total. The molecule has 0 fully saturated rings. The molecule has 1 aromatic heterocycles. The van der Waals surface area contributed by atoms with E-state index in [9.17, 15) is 9.90 Å². The highest BCUT2D eigenvalue weighted by Crippen LogP contribution is 2.29. The second-order valence-corrected chi connectivity index (χ2v) is 10.5. The van der Waals surface area contributed by atoms with Gasteiger partial charge in [0, 0.05) is 33.4 Å². The molecule has 0 bridgehead atoms. The first-order valence-electron chi connectivity index (χ1n) is 13.1. The average molecular weight is 584 g/mol. The van der Waals surface area contributed by atoms with E-state index in [2.05, 4.69) is 5.10 Å². The number of carboxylic acids is 1. The van der Waals surface area contributed by atoms with E-state index in [1.54, 1.807) is 23.0 Å². The second kappa shape index (κ2) is 14.1. The monoisotopic (exact) mass is 582 g/mol. The molecule has 3 aromatic carbocycles. The van der Waals surface area contributed by atoms with Crippen LogP contribution in [-0.4, -0.2) is 33.6 Å². The predicted octanol–water partition coefficient (Wildman–Crippen LogP) is 7.24. The maximum absolute atomic E-state index is 11.4. The second-order valence-electron chi connectivity index (χ2n) is 9.63. The van der Waals surface area contributed by atoms with Crippen molar-refractivity contribution in [1.29, 1.82) is 0 Å². The third-order valence-corrected chi connectivity index (χ3v) is 6.55. The van der Waals surface area contributed by atoms with Crippen molar-refractivity contribution < 1.29 is 24.1 Å². The quantitative estimate of drug-likeness (QED) is 0.158. The van der Waals surface area contributed by atoms with Gasteiger partial charge in [-0.15, -0.1) is 5.10 Å². The lowest BCUT2D eigenvalue weighted by Gasteiger charge is -2.16. The molecule has 0 amide bonds. The standard InChI is InChI=1S/C31H32Cl2N2O5/c1-21(2)40-27-13-11-23(29(17-27)39-20-24-10-12-26(32)16-28(24)33)9-6-14-38-31-25(15-30(36)37)19-35(34-31)18-22-7-4-3-5-8-22/h3-5,7-8,10-13,16-17,19,21H,6,9,14-15,18,20H2,1-2H3,(H,36,37). The molecule has 40 heavy (non-hydrogen) atoms. The molecule has 210 valence electrons. The van der Waals surface area contributed by atoms with E-state index in [4.69, 9.17) is 37.4 Å². The summed E-state index contributed by atoms with van der Waals surface area (Å²) in [5.74, 6) is 0.820. The number of aliphatic carboxylic acids is 1. The third-order valence-electron chi connectivity index (χ3n) is 5.97. The Balaban J connectivity index is 1.41. The number of ether oxygens (including phenoxy) is 3. The van der Waals surface area contributed by atoms with E-state index in [1.165, 1.54) is 0 Å². The Labute approximate surface area is 244 Å². The number of aryl methyl sites for hydroxylation is 1. The highest BCUT2D eigenvalue weighted by Gasteiger charge is 2.15. The summed E-state index contributed by atoms with van der Waals surface area (Å²) in [5, 5.41) is 15.0. The topological polar surface area (TPSA) is 82.8 Å². The molecule has 0 aliphatic rings. The molecule has 0 spiro atoms. The van der Waals surface area contributed by atoms with Gasteiger partial charge in [0.15, 0.2) is 0 Å². The van der Waals surface area contributed by atoms with Crippen LogP contribution in [0.4, 0.5) is 0 Å². The molecule has 4 rings (SSSR count). The van der Waals surface area contributed by atoms with Crippen LogP contribution in [0.2, 0.25) is 10.0 Å². The zero-order chi connectivity index (χ0) is 28.5. The van der Waals surface area contributed by atoms with Crippen molar-refractivity contribution in [2.75, 3.05) is 6.61 Å². The van der Waals surface area contributed by atoms with Crippen LogP contribution < -0.4 is 14.2 Å². The minimum absolute atomic E-state index is 0.0273. The fourth-order valence-corrected chi connectivity index (χ4v) is 4.61. The molecule has 0 aliphatic heterocycles. The number of nitrogens with zero attached hydrogens (tertiary/aromatic N) is 2. The maximum Gasteiger partial charge on any atom is 0.308 e. The molecule has 0 saturated heterocycles. The van der Waals surface area contributed by atoms with Gasteiger partial charge in [-0.25, -0.2) is 0 Å². The van der Waals surface area contributed by atoms with E-state index in [0.29, 0.717) is 53.2 Å². The number of carbonyl (C=O) groups is 1. The number of rotatable bonds is 14. The summed E-state index contributed by atoms with van der Waals surface area (Å²) in [4.78, 5) is 11.4. The van der Waals surface area contributed by atoms with Crippen LogP contribution in [0, 0.1) is 0 Å². The largest absolute Gasteiger partial charge is 0.491 e. The van der Waals surface area contributed by atoms with Crippen molar-refractivity contribution in [3.63, 3.8) is 0 Å². The van der Waals surface area contributed by atoms with Crippen molar-refractivity contribution in [2.24, 2.45) is 0 Å². The Morgan fingerprint density at radius 1 is 0.975 bits per heavy atom. The Hall–Kier alpha value is -3.68. The minimum atomic E-state index is -0.935. The lowest BCUT2D eigenvalue weighted by molar-refractivity contribution is -0.136. The highest BCUT2D eigenvalue weighted by molar-refractivity contribution is 6.35. The fourth-order valence-electron chi connectivity index (χ4n) is 4.15. The van der Waals surface area contributed by atoms with Crippen molar-refractivity contribution in [1.82, 2.24) is 9.78 Å². The van der Waals surface area contributed by atoms with Crippen LogP contribution in [0.3, 0.4) is 0 Å². The molecule has 1 N–H and O–H groups in total. The lowest BCUT2D eigenvalue weighted by Crippen LogP contribution is -2.07. The van der Waals surface area contributed by atoms with Crippen LogP contribution in [-0.2, 0) is 30.8 Å². The van der Waals surface area contributed by atoms with Crippen LogP contribution >= 0.6 is 23.2 Å². The normalized spacial score (nSPS) is 11.0. The average Bonchev–Trinajstić information content (AvgIpc) is 3.27. The van der Waals surface area contributed by atoms with Gasteiger partial charge in [0.2, 0.25) is 5.88 Å². The van der Waals surface area contributed by atoms with Crippen LogP contribution in [0.5, 0.6) is 17.4 Å². The van der Waals surface area contributed by atoms with Crippen molar-refractivity contribution in [3.05, 3.63) is 105 Å². The summed E-state index contributed by atoms with van der Waals surface area (Å²) < 4.78 is 19.7. The number of benzene rings is 3. The van der Waals surface area contributed by atoms with E-state index in [-0.39, 0.29) is 19.1 Å². The molecule has 0 atom stereocenters. The number of aromatic nitrogens is 2. The summed E-state index contributed by atoms with van der Waals surface area (Å²) in [6.45, 7) is 5.11. The van der Waals surface area contributed by atoms with Crippen LogP contribution in [0.1, 0.15) is 42.5 Å². The highest BCUT2D eigenvalue weighted by atomic mass is 35.5. The summed E-state index contributed by atoms with van der Waals surface area (Å²) in [6, 6.07) is 21.0. The SMILES string of the molecule is CC(C)Oc1ccc(CCCOc2nn(Cc3ccccc3)cc2CC(=O)O)c(OCc2ccc(Cl)cc2Cl)c1. The third kappa shape index (κ3) is 8.66. The van der Waals surface area contributed by atoms with Gasteiger partial charge in [0.25, 0.3) is 0 Å². The zero-order valence-corrected chi connectivity index (χ0v) is 24.0. The van der Waals surface area contributed by atoms with Crippen molar-refractivity contribution >= 4 is 29.2 Å². The molecule has 1 heterocycles. The van der Waals surface area contributed by atoms with Crippen molar-refractivity contribution in [3.8, 4) is 17.4 Å². The Bertz CT molecular complexity index is 1420. The van der Waals surface area contributed by atoms with E-state index in [1.807, 2.05) is 68.4 Å². The van der Waals surface area contributed by atoms with Gasteiger partial charge in [-0.05, 0) is 56.0 Å². The Morgan fingerprint density at radius 2 is 1.75 bits per heavy atom. The first-order valence-corrected chi connectivity index (χ1v) is 13.8. The van der Waals surface area contributed by atoms with E-state index in [0.717, 1.165) is 22.4 Å². The maximum atomic E-state index is 11.4. The summed E-state index contributed by atoms with van der Waals surface area (Å²) in [5.41, 5.74) is 3.43. The predicted molar refractivity (Wildman–Crippen MR) is 156 cm³/mol. The number of carboxylic acid groups (broad SMARTS) is 1. The molecule has 4 aromatic rings. The molecule has 0 radical (unpaired) electrons. The molecule has 0 unspecified atom stereocenters. The molecule has 9 heteroatoms. The van der Waals surface area contributed by atoms with Gasteiger partial charge in [-0.2, -0.15) is 0 Å². The van der Waals surface area contributed by atoms with Crippen LogP contribution in [0.25, 0.3) is 0 Å². The first kappa shape index (κ1) is 29.3. The van der Waals surface area contributed by atoms with Gasteiger partial charge < -0.3 is 19.3 Å². The van der Waals surface area contributed by atoms with Gasteiger partial charge >= 0.3 is 5.97 Å². The molecule has 0 aliphatic carbocycles. The number of hydrogen-bond acceptors (Lipinski definition) is 5. The first-order chi connectivity index (χ1) is 19.3. The Kier molecular flexibility index (Phi) is 10.3. The fraction of sp³-hybridized carbons (Fsp3) is 0.290. The zero-order valence-electron chi connectivity index (χ0n) is 22.5.